The smallest absolute Gasteiger partial charge is 0.186 e. The molecule has 0 unspecified atom stereocenters. The van der Waals surface area contributed by atoms with Crippen molar-refractivity contribution in [1.82, 2.24) is 10.7 Å². The molecule has 0 aliphatic carbocycles. The van der Waals surface area contributed by atoms with E-state index in [-0.39, 0.29) is 0 Å². The molecule has 0 fully saturated rings. The first-order valence-electron chi connectivity index (χ1n) is 6.60. The first-order valence-corrected chi connectivity index (χ1v) is 7.80. The van der Waals surface area contributed by atoms with Crippen LogP contribution in [0.15, 0.2) is 64.2 Å². The van der Waals surface area contributed by atoms with Gasteiger partial charge in [0.2, 0.25) is 0 Å². The molecular formula is C16H16BrN3S. The Hall–Kier alpha value is -1.72. The van der Waals surface area contributed by atoms with Crippen molar-refractivity contribution in [1.29, 1.82) is 0 Å². The summed E-state index contributed by atoms with van der Waals surface area (Å²) in [5.74, 6) is 0. The van der Waals surface area contributed by atoms with E-state index in [0.717, 1.165) is 23.0 Å². The minimum Gasteiger partial charge on any atom is -0.361 e. The quantitative estimate of drug-likeness (QED) is 0.486. The Morgan fingerprint density at radius 3 is 2.71 bits per heavy atom. The second-order valence-electron chi connectivity index (χ2n) is 4.42. The summed E-state index contributed by atoms with van der Waals surface area (Å²) >= 11 is 8.58. The lowest BCUT2D eigenvalue weighted by Crippen LogP contribution is -2.33. The zero-order valence-corrected chi connectivity index (χ0v) is 13.8. The van der Waals surface area contributed by atoms with Crippen LogP contribution in [0.1, 0.15) is 11.1 Å². The van der Waals surface area contributed by atoms with E-state index in [1.807, 2.05) is 42.5 Å². The fourth-order valence-electron chi connectivity index (χ4n) is 1.76. The van der Waals surface area contributed by atoms with Crippen molar-refractivity contribution in [3.8, 4) is 0 Å². The minimum atomic E-state index is 0.525. The summed E-state index contributed by atoms with van der Waals surface area (Å²) in [5.41, 5.74) is 5.10. The zero-order chi connectivity index (χ0) is 14.9. The molecule has 2 aromatic rings. The zero-order valence-electron chi connectivity index (χ0n) is 11.4. The third-order valence-corrected chi connectivity index (χ3v) is 3.50. The molecule has 0 saturated carbocycles. The van der Waals surface area contributed by atoms with Crippen molar-refractivity contribution >= 4 is 39.5 Å². The molecule has 0 spiro atoms. The standard InChI is InChI=1S/C16H16BrN3S/c17-15-8-4-7-14(11-15)12-19-20-16(21)18-10-9-13-5-2-1-3-6-13/h1-8,11-12H,9-10H2,(H2,18,20,21)/b19-12-. The molecule has 0 aliphatic rings. The van der Waals surface area contributed by atoms with Gasteiger partial charge in [-0.3, -0.25) is 5.43 Å². The van der Waals surface area contributed by atoms with Gasteiger partial charge in [-0.15, -0.1) is 0 Å². The molecule has 0 bridgehead atoms. The van der Waals surface area contributed by atoms with Crippen molar-refractivity contribution in [3.63, 3.8) is 0 Å². The molecule has 0 heterocycles. The monoisotopic (exact) mass is 361 g/mol. The van der Waals surface area contributed by atoms with Crippen LogP contribution in [-0.2, 0) is 6.42 Å². The first kappa shape index (κ1) is 15.7. The summed E-state index contributed by atoms with van der Waals surface area (Å²) in [5, 5.41) is 7.76. The van der Waals surface area contributed by atoms with Gasteiger partial charge in [-0.25, -0.2) is 0 Å². The van der Waals surface area contributed by atoms with Crippen LogP contribution in [0.5, 0.6) is 0 Å². The average Bonchev–Trinajstić information content (AvgIpc) is 2.48. The number of thiocarbonyl (C=S) groups is 1. The highest BCUT2D eigenvalue weighted by Gasteiger charge is 1.94. The highest BCUT2D eigenvalue weighted by molar-refractivity contribution is 9.10. The summed E-state index contributed by atoms with van der Waals surface area (Å²) in [4.78, 5) is 0. The Morgan fingerprint density at radius 1 is 1.14 bits per heavy atom. The summed E-state index contributed by atoms with van der Waals surface area (Å²) in [6, 6.07) is 18.2. The molecule has 2 aromatic carbocycles. The predicted molar refractivity (Wildman–Crippen MR) is 95.6 cm³/mol. The molecule has 3 nitrogen and oxygen atoms in total. The van der Waals surface area contributed by atoms with Crippen molar-refractivity contribution in [2.45, 2.75) is 6.42 Å². The number of hydrogen-bond donors (Lipinski definition) is 2. The summed E-state index contributed by atoms with van der Waals surface area (Å²) in [7, 11) is 0. The van der Waals surface area contributed by atoms with Gasteiger partial charge in [-0.1, -0.05) is 58.4 Å². The van der Waals surface area contributed by atoms with Crippen molar-refractivity contribution in [2.24, 2.45) is 5.10 Å². The topological polar surface area (TPSA) is 36.4 Å². The maximum Gasteiger partial charge on any atom is 0.186 e. The highest BCUT2D eigenvalue weighted by atomic mass is 79.9. The van der Waals surface area contributed by atoms with E-state index in [0.29, 0.717) is 5.11 Å². The number of hydrazone groups is 1. The summed E-state index contributed by atoms with van der Waals surface area (Å²) < 4.78 is 1.02. The molecule has 0 aromatic heterocycles. The van der Waals surface area contributed by atoms with Gasteiger partial charge in [0, 0.05) is 11.0 Å². The number of hydrogen-bond acceptors (Lipinski definition) is 2. The average molecular weight is 362 g/mol. The van der Waals surface area contributed by atoms with Gasteiger partial charge in [-0.2, -0.15) is 5.10 Å². The number of nitrogens with one attached hydrogen (secondary N) is 2. The largest absolute Gasteiger partial charge is 0.361 e. The van der Waals surface area contributed by atoms with E-state index in [9.17, 15) is 0 Å². The maximum absolute atomic E-state index is 5.17. The van der Waals surface area contributed by atoms with Crippen LogP contribution in [0.2, 0.25) is 0 Å². The van der Waals surface area contributed by atoms with Crippen molar-refractivity contribution < 1.29 is 0 Å². The predicted octanol–water partition coefficient (Wildman–Crippen LogP) is 3.49. The van der Waals surface area contributed by atoms with Crippen LogP contribution in [0.3, 0.4) is 0 Å². The molecule has 21 heavy (non-hydrogen) atoms. The van der Waals surface area contributed by atoms with Crippen LogP contribution in [-0.4, -0.2) is 17.9 Å². The SMILES string of the molecule is S=C(NCCc1ccccc1)N/N=C\c1cccc(Br)c1. The van der Waals surface area contributed by atoms with Gasteiger partial charge < -0.3 is 5.32 Å². The van der Waals surface area contributed by atoms with Crippen molar-refractivity contribution in [2.75, 3.05) is 6.54 Å². The van der Waals surface area contributed by atoms with Gasteiger partial charge >= 0.3 is 0 Å². The van der Waals surface area contributed by atoms with Gasteiger partial charge in [0.25, 0.3) is 0 Å². The Bertz CT molecular complexity index is 614. The second kappa shape index (κ2) is 8.54. The van der Waals surface area contributed by atoms with E-state index in [2.05, 4.69) is 43.9 Å². The van der Waals surface area contributed by atoms with Crippen LogP contribution >= 0.6 is 28.1 Å². The molecule has 5 heteroatoms. The van der Waals surface area contributed by atoms with Crippen LogP contribution in [0.25, 0.3) is 0 Å². The number of nitrogens with zero attached hydrogens (tertiary/aromatic N) is 1. The maximum atomic E-state index is 5.17. The number of benzene rings is 2. The lowest BCUT2D eigenvalue weighted by Gasteiger charge is -2.06. The van der Waals surface area contributed by atoms with E-state index >= 15 is 0 Å². The fraction of sp³-hybridized carbons (Fsp3) is 0.125. The molecule has 2 rings (SSSR count). The number of halogens is 1. The summed E-state index contributed by atoms with van der Waals surface area (Å²) in [6.07, 6.45) is 2.66. The Morgan fingerprint density at radius 2 is 1.95 bits per heavy atom. The Kier molecular flexibility index (Phi) is 6.37. The lowest BCUT2D eigenvalue weighted by molar-refractivity contribution is 0.838. The molecule has 0 saturated heterocycles. The second-order valence-corrected chi connectivity index (χ2v) is 5.74. The van der Waals surface area contributed by atoms with Gasteiger partial charge in [0.05, 0.1) is 6.21 Å². The van der Waals surface area contributed by atoms with Crippen LogP contribution < -0.4 is 10.7 Å². The molecule has 108 valence electrons. The first-order chi connectivity index (χ1) is 10.2. The number of rotatable bonds is 5. The van der Waals surface area contributed by atoms with Crippen LogP contribution in [0.4, 0.5) is 0 Å². The molecular weight excluding hydrogens is 346 g/mol. The van der Waals surface area contributed by atoms with E-state index < -0.39 is 0 Å². The molecule has 0 aliphatic heterocycles. The van der Waals surface area contributed by atoms with E-state index in [4.69, 9.17) is 12.2 Å². The molecule has 2 N–H and O–H groups in total. The van der Waals surface area contributed by atoms with Gasteiger partial charge in [0.1, 0.15) is 0 Å². The minimum absolute atomic E-state index is 0.525. The van der Waals surface area contributed by atoms with E-state index in [1.54, 1.807) is 6.21 Å². The third kappa shape index (κ3) is 6.06. The molecule has 0 radical (unpaired) electrons. The van der Waals surface area contributed by atoms with Gasteiger partial charge in [0.15, 0.2) is 5.11 Å². The van der Waals surface area contributed by atoms with Crippen LogP contribution in [0, 0.1) is 0 Å². The highest BCUT2D eigenvalue weighted by Crippen LogP contribution is 2.09. The summed E-state index contributed by atoms with van der Waals surface area (Å²) in [6.45, 7) is 0.780. The molecule has 0 amide bonds. The Balaban J connectivity index is 1.70. The third-order valence-electron chi connectivity index (χ3n) is 2.77. The van der Waals surface area contributed by atoms with Gasteiger partial charge in [-0.05, 0) is 41.9 Å². The van der Waals surface area contributed by atoms with Crippen molar-refractivity contribution in [3.05, 3.63) is 70.2 Å². The van der Waals surface area contributed by atoms with E-state index in [1.165, 1.54) is 5.56 Å². The normalized spacial score (nSPS) is 10.5. The Labute approximate surface area is 138 Å². The lowest BCUT2D eigenvalue weighted by atomic mass is 10.1. The molecule has 0 atom stereocenters. The fourth-order valence-corrected chi connectivity index (χ4v) is 2.33.